The molecule has 0 aromatic heterocycles. The Balaban J connectivity index is 1.75. The molecule has 0 radical (unpaired) electrons. The highest BCUT2D eigenvalue weighted by Crippen LogP contribution is 2.43. The minimum atomic E-state index is -1.58. The Morgan fingerprint density at radius 3 is 2.34 bits per heavy atom. The Morgan fingerprint density at radius 2 is 1.74 bits per heavy atom. The molecule has 2 N–H and O–H groups in total. The van der Waals surface area contributed by atoms with Crippen LogP contribution in [0.25, 0.3) is 0 Å². The number of amides is 2. The fourth-order valence-corrected chi connectivity index (χ4v) is 6.57. The van der Waals surface area contributed by atoms with Crippen molar-refractivity contribution in [2.75, 3.05) is 11.9 Å². The number of esters is 1. The van der Waals surface area contributed by atoms with Crippen molar-refractivity contribution in [2.24, 2.45) is 5.92 Å². The number of ether oxygens (including phenoxy) is 2. The molecule has 2 amide bonds. The zero-order valence-electron chi connectivity index (χ0n) is 28.1. The van der Waals surface area contributed by atoms with Crippen LogP contribution < -0.4 is 10.0 Å². The Morgan fingerprint density at radius 1 is 1.06 bits per heavy atom. The van der Waals surface area contributed by atoms with Crippen LogP contribution in [0.4, 0.5) is 14.9 Å². The van der Waals surface area contributed by atoms with Gasteiger partial charge in [0.15, 0.2) is 0 Å². The van der Waals surface area contributed by atoms with E-state index < -0.39 is 62.8 Å². The second-order valence-corrected chi connectivity index (χ2v) is 16.3. The molecule has 1 heterocycles. The molecule has 4 atom stereocenters. The van der Waals surface area contributed by atoms with Crippen LogP contribution in [-0.2, 0) is 35.6 Å². The van der Waals surface area contributed by atoms with Crippen LogP contribution in [0, 0.1) is 23.1 Å². The number of benzene rings is 2. The minimum Gasteiger partial charge on any atom is -0.461 e. The summed E-state index contributed by atoms with van der Waals surface area (Å²) in [5, 5.41) is 12.4. The summed E-state index contributed by atoms with van der Waals surface area (Å²) in [4.78, 5) is 39.7. The molecule has 4 rings (SSSR count). The average molecular weight is 669 g/mol. The zero-order chi connectivity index (χ0) is 34.7. The first kappa shape index (κ1) is 36.0. The van der Waals surface area contributed by atoms with Crippen LogP contribution in [-0.4, -0.2) is 56.1 Å². The second kappa shape index (κ2) is 14.1. The Hall–Kier alpha value is -3.82. The normalized spacial score (nSPS) is 20.1. The van der Waals surface area contributed by atoms with E-state index in [4.69, 9.17) is 9.47 Å². The first-order valence-electron chi connectivity index (χ1n) is 15.9. The summed E-state index contributed by atoms with van der Waals surface area (Å²) >= 11 is 0. The van der Waals surface area contributed by atoms with E-state index >= 15 is 4.39 Å². The lowest BCUT2D eigenvalue weighted by Gasteiger charge is -2.38. The summed E-state index contributed by atoms with van der Waals surface area (Å²) in [7, 11) is -1.58. The quantitative estimate of drug-likeness (QED) is 0.294. The van der Waals surface area contributed by atoms with Crippen LogP contribution in [0.2, 0.25) is 0 Å². The molecule has 10 nitrogen and oxygen atoms in total. The molecule has 0 spiro atoms. The predicted molar refractivity (Wildman–Crippen MR) is 177 cm³/mol. The second-order valence-electron chi connectivity index (χ2n) is 14.4. The number of halogens is 1. The largest absolute Gasteiger partial charge is 0.461 e. The summed E-state index contributed by atoms with van der Waals surface area (Å²) in [5.41, 5.74) is -0.418. The lowest BCUT2D eigenvalue weighted by atomic mass is 9.79. The van der Waals surface area contributed by atoms with Crippen LogP contribution in [0.5, 0.6) is 0 Å². The fourth-order valence-electron chi connectivity index (χ4n) is 5.61. The summed E-state index contributed by atoms with van der Waals surface area (Å²) in [5.74, 6) is -1.44. The van der Waals surface area contributed by atoms with E-state index in [2.05, 4.69) is 16.1 Å². The molecule has 2 aromatic rings. The number of likely N-dealkylation sites (tertiary alicyclic amines) is 1. The third kappa shape index (κ3) is 9.17. The zero-order valence-corrected chi connectivity index (χ0v) is 29.0. The summed E-state index contributed by atoms with van der Waals surface area (Å²) < 4.78 is 42.8. The lowest BCUT2D eigenvalue weighted by Crippen LogP contribution is -2.49. The Labute approximate surface area is 279 Å². The van der Waals surface area contributed by atoms with Crippen molar-refractivity contribution in [3.63, 3.8) is 0 Å². The first-order valence-corrected chi connectivity index (χ1v) is 17.0. The van der Waals surface area contributed by atoms with Gasteiger partial charge in [0.2, 0.25) is 5.91 Å². The maximum absolute atomic E-state index is 15.5. The molecule has 12 heteroatoms. The number of nitrogens with one attached hydrogen (secondary N) is 2. The maximum atomic E-state index is 15.5. The van der Waals surface area contributed by atoms with Gasteiger partial charge in [-0.15, -0.1) is 0 Å². The van der Waals surface area contributed by atoms with Crippen LogP contribution in [0.1, 0.15) is 97.3 Å². The van der Waals surface area contributed by atoms with Crippen molar-refractivity contribution in [2.45, 2.75) is 109 Å². The van der Waals surface area contributed by atoms with Gasteiger partial charge in [0.05, 0.1) is 45.1 Å². The van der Waals surface area contributed by atoms with Gasteiger partial charge in [-0.3, -0.25) is 14.5 Å². The van der Waals surface area contributed by atoms with E-state index in [1.54, 1.807) is 45.0 Å². The number of nitriles is 1. The van der Waals surface area contributed by atoms with Crippen molar-refractivity contribution in [1.29, 1.82) is 5.26 Å². The third-order valence-electron chi connectivity index (χ3n) is 8.18. The number of carbonyl (C=O) groups is 3. The number of rotatable bonds is 10. The predicted octanol–water partition coefficient (Wildman–Crippen LogP) is 6.06. The van der Waals surface area contributed by atoms with Gasteiger partial charge in [-0.2, -0.15) is 5.26 Å². The van der Waals surface area contributed by atoms with Gasteiger partial charge in [0.1, 0.15) is 23.6 Å². The van der Waals surface area contributed by atoms with Gasteiger partial charge < -0.3 is 14.8 Å². The topological polar surface area (TPSA) is 138 Å². The van der Waals surface area contributed by atoms with Gasteiger partial charge in [-0.25, -0.2) is 18.1 Å². The molecule has 0 bridgehead atoms. The number of carbonyl (C=O) groups excluding carboxylic acids is 3. The molecular formula is C35H45FN4O6S. The smallest absolute Gasteiger partial charge is 0.411 e. The van der Waals surface area contributed by atoms with Crippen LogP contribution >= 0.6 is 0 Å². The minimum absolute atomic E-state index is 0.00433. The highest BCUT2D eigenvalue weighted by atomic mass is 32.2. The van der Waals surface area contributed by atoms with Crippen molar-refractivity contribution < 1.29 is 32.5 Å². The lowest BCUT2D eigenvalue weighted by molar-refractivity contribution is -0.145. The molecular weight excluding hydrogens is 623 g/mol. The number of nitrogens with zero attached hydrogens (tertiary/aromatic N) is 2. The third-order valence-corrected chi connectivity index (χ3v) is 9.82. The van der Waals surface area contributed by atoms with E-state index in [0.29, 0.717) is 29.0 Å². The maximum Gasteiger partial charge on any atom is 0.411 e. The SMILES string of the molecule is CC(=O)O[C@@H]1C[C@H](C(=O)Nc2cc(C(CCC3CC3)(N[S@](=O)C(C)(C)C)c3cccc(C#N)c3)ccc2F)N(C(=O)OC(C)(C)C)C1. The number of hydrogen-bond acceptors (Lipinski definition) is 7. The standard InChI is InChI=1S/C35H45FN4O6S/c1-22(41)45-27-19-30(40(21-27)32(43)46-33(2,3)4)31(42)38-29-18-26(13-14-28(29)36)35(16-15-23-11-12-23,39-47(44)34(5,6)7)25-10-8-9-24(17-25)20-37/h8-10,13-14,17-18,23,27,30,39H,11-12,15-16,19,21H2,1-7H3,(H,38,42)/t27-,30-,35?,47-/m1/s1. The molecule has 2 fully saturated rings. The first-order chi connectivity index (χ1) is 21.9. The van der Waals surface area contributed by atoms with E-state index in [0.717, 1.165) is 19.3 Å². The van der Waals surface area contributed by atoms with Gasteiger partial charge in [-0.1, -0.05) is 31.0 Å². The highest BCUT2D eigenvalue weighted by Gasteiger charge is 2.44. The van der Waals surface area contributed by atoms with Gasteiger partial charge >= 0.3 is 12.1 Å². The van der Waals surface area contributed by atoms with Crippen LogP contribution in [0.3, 0.4) is 0 Å². The monoisotopic (exact) mass is 668 g/mol. The van der Waals surface area contributed by atoms with Gasteiger partial charge in [0, 0.05) is 13.3 Å². The number of hydrogen-bond donors (Lipinski definition) is 2. The molecule has 1 aliphatic heterocycles. The molecule has 2 aromatic carbocycles. The molecule has 1 saturated heterocycles. The van der Waals surface area contributed by atoms with E-state index in [1.807, 2.05) is 26.8 Å². The van der Waals surface area contributed by atoms with Crippen molar-refractivity contribution in [1.82, 2.24) is 9.62 Å². The summed E-state index contributed by atoms with van der Waals surface area (Å²) in [6.45, 7) is 11.8. The highest BCUT2D eigenvalue weighted by molar-refractivity contribution is 7.84. The molecule has 254 valence electrons. The molecule has 1 unspecified atom stereocenters. The molecule has 47 heavy (non-hydrogen) atoms. The summed E-state index contributed by atoms with van der Waals surface area (Å²) in [6, 6.07) is 12.5. The van der Waals surface area contributed by atoms with Crippen molar-refractivity contribution in [3.8, 4) is 6.07 Å². The Bertz CT molecular complexity index is 1570. The van der Waals surface area contributed by atoms with Crippen molar-refractivity contribution >= 4 is 34.6 Å². The van der Waals surface area contributed by atoms with E-state index in [1.165, 1.54) is 24.0 Å². The number of anilines is 1. The van der Waals surface area contributed by atoms with E-state index in [-0.39, 0.29) is 18.7 Å². The van der Waals surface area contributed by atoms with Crippen molar-refractivity contribution in [3.05, 3.63) is 65.0 Å². The van der Waals surface area contributed by atoms with Crippen LogP contribution in [0.15, 0.2) is 42.5 Å². The average Bonchev–Trinajstić information content (AvgIpc) is 3.72. The summed E-state index contributed by atoms with van der Waals surface area (Å²) in [6.07, 6.45) is 1.99. The van der Waals surface area contributed by atoms with E-state index in [9.17, 15) is 23.9 Å². The molecule has 1 aliphatic carbocycles. The van der Waals surface area contributed by atoms with Gasteiger partial charge in [-0.05, 0) is 95.7 Å². The fraction of sp³-hybridized carbons (Fsp3) is 0.543. The Kier molecular flexibility index (Phi) is 10.8. The molecule has 1 saturated carbocycles. The molecule has 2 aliphatic rings. The van der Waals surface area contributed by atoms with Gasteiger partial charge in [0.25, 0.3) is 0 Å².